The summed E-state index contributed by atoms with van der Waals surface area (Å²) in [6.45, 7) is 2.70. The monoisotopic (exact) mass is 345 g/mol. The lowest BCUT2D eigenvalue weighted by molar-refractivity contribution is 0.555. The molecule has 8 heteroatoms. The van der Waals surface area contributed by atoms with E-state index >= 15 is 0 Å². The quantitative estimate of drug-likeness (QED) is 0.622. The lowest BCUT2D eigenvalue weighted by atomic mass is 10.1. The minimum atomic E-state index is -2.98. The number of rotatable bonds is 5. The summed E-state index contributed by atoms with van der Waals surface area (Å²) >= 11 is 0. The highest BCUT2D eigenvalue weighted by atomic mass is 32.2. The number of guanidine groups is 1. The van der Waals surface area contributed by atoms with E-state index in [1.54, 1.807) is 0 Å². The zero-order valence-corrected chi connectivity index (χ0v) is 13.8. The Morgan fingerprint density at radius 3 is 2.61 bits per heavy atom. The number of halogens is 2. The van der Waals surface area contributed by atoms with Gasteiger partial charge in [-0.2, -0.15) is 0 Å². The maximum Gasteiger partial charge on any atom is 0.191 e. The van der Waals surface area contributed by atoms with Crippen LogP contribution >= 0.6 is 0 Å². The van der Waals surface area contributed by atoms with Crippen molar-refractivity contribution < 1.29 is 17.2 Å². The van der Waals surface area contributed by atoms with Gasteiger partial charge in [-0.05, 0) is 31.9 Å². The van der Waals surface area contributed by atoms with Crippen molar-refractivity contribution in [3.8, 4) is 0 Å². The lowest BCUT2D eigenvalue weighted by Gasteiger charge is -2.15. The van der Waals surface area contributed by atoms with Gasteiger partial charge in [0.1, 0.15) is 11.6 Å². The van der Waals surface area contributed by atoms with Gasteiger partial charge in [0.05, 0.1) is 11.5 Å². The molecule has 1 fully saturated rings. The van der Waals surface area contributed by atoms with Gasteiger partial charge < -0.3 is 10.6 Å². The molecule has 1 atom stereocenters. The summed E-state index contributed by atoms with van der Waals surface area (Å²) in [6, 6.07) is 3.58. The van der Waals surface area contributed by atoms with Crippen molar-refractivity contribution >= 4 is 15.8 Å². The van der Waals surface area contributed by atoms with Gasteiger partial charge in [-0.25, -0.2) is 17.2 Å². The number of benzene rings is 1. The largest absolute Gasteiger partial charge is 0.357 e. The summed E-state index contributed by atoms with van der Waals surface area (Å²) in [4.78, 5) is 4.27. The van der Waals surface area contributed by atoms with E-state index in [1.165, 1.54) is 18.2 Å². The van der Waals surface area contributed by atoms with Gasteiger partial charge in [0.2, 0.25) is 0 Å². The van der Waals surface area contributed by atoms with E-state index < -0.39 is 21.5 Å². The molecule has 0 aromatic heterocycles. The molecule has 0 spiro atoms. The molecule has 1 aliphatic rings. The fourth-order valence-electron chi connectivity index (χ4n) is 2.47. The first-order valence-electron chi connectivity index (χ1n) is 7.59. The molecule has 0 saturated carbocycles. The number of nitrogens with zero attached hydrogens (tertiary/aromatic N) is 1. The van der Waals surface area contributed by atoms with Crippen LogP contribution in [0, 0.1) is 11.6 Å². The Hall–Kier alpha value is -1.70. The fraction of sp³-hybridized carbons (Fsp3) is 0.533. The molecule has 0 bridgehead atoms. The number of aliphatic imine (C=N–C) groups is 1. The number of nitrogens with one attached hydrogen (secondary N) is 2. The molecule has 1 unspecified atom stereocenters. The first kappa shape index (κ1) is 17.7. The molecular weight excluding hydrogens is 324 g/mol. The molecule has 1 aromatic carbocycles. The van der Waals surface area contributed by atoms with Gasteiger partial charge in [0.25, 0.3) is 0 Å². The van der Waals surface area contributed by atoms with E-state index in [9.17, 15) is 17.2 Å². The van der Waals surface area contributed by atoms with Crippen molar-refractivity contribution in [2.75, 3.05) is 24.6 Å². The van der Waals surface area contributed by atoms with Gasteiger partial charge in [-0.3, -0.25) is 4.99 Å². The highest BCUT2D eigenvalue weighted by Crippen LogP contribution is 2.13. The van der Waals surface area contributed by atoms with Gasteiger partial charge in [0, 0.05) is 24.7 Å². The van der Waals surface area contributed by atoms with E-state index in [0.717, 1.165) is 0 Å². The molecule has 0 amide bonds. The van der Waals surface area contributed by atoms with Gasteiger partial charge in [-0.1, -0.05) is 6.07 Å². The third-order valence-corrected chi connectivity index (χ3v) is 5.38. The number of sulfone groups is 1. The van der Waals surface area contributed by atoms with Crippen molar-refractivity contribution in [2.45, 2.75) is 25.8 Å². The molecule has 0 radical (unpaired) electrons. The fourth-order valence-corrected chi connectivity index (χ4v) is 4.15. The van der Waals surface area contributed by atoms with Crippen molar-refractivity contribution in [1.29, 1.82) is 0 Å². The topological polar surface area (TPSA) is 70.6 Å². The van der Waals surface area contributed by atoms with Crippen LogP contribution in [-0.4, -0.2) is 45.0 Å². The molecule has 1 saturated heterocycles. The molecular formula is C15H21F2N3O2S. The summed E-state index contributed by atoms with van der Waals surface area (Å²) in [5, 5.41) is 6.07. The summed E-state index contributed by atoms with van der Waals surface area (Å²) in [5.74, 6) is -0.449. The normalized spacial score (nSPS) is 20.5. The molecule has 5 nitrogen and oxygen atoms in total. The van der Waals surface area contributed by atoms with E-state index in [2.05, 4.69) is 15.6 Å². The third-order valence-electron chi connectivity index (χ3n) is 3.61. The predicted molar refractivity (Wildman–Crippen MR) is 86.2 cm³/mol. The Morgan fingerprint density at radius 1 is 1.35 bits per heavy atom. The Kier molecular flexibility index (Phi) is 5.92. The maximum absolute atomic E-state index is 13.5. The van der Waals surface area contributed by atoms with E-state index in [4.69, 9.17) is 0 Å². The van der Waals surface area contributed by atoms with Gasteiger partial charge >= 0.3 is 0 Å². The van der Waals surface area contributed by atoms with Gasteiger partial charge in [0.15, 0.2) is 15.8 Å². The van der Waals surface area contributed by atoms with Crippen LogP contribution in [0.4, 0.5) is 8.78 Å². The molecule has 2 N–H and O–H groups in total. The first-order chi connectivity index (χ1) is 10.9. The highest BCUT2D eigenvalue weighted by molar-refractivity contribution is 7.91. The van der Waals surface area contributed by atoms with Gasteiger partial charge in [-0.15, -0.1) is 0 Å². The summed E-state index contributed by atoms with van der Waals surface area (Å²) in [6.07, 6.45) is 0.673. The third kappa shape index (κ3) is 5.16. The Morgan fingerprint density at radius 2 is 2.04 bits per heavy atom. The van der Waals surface area contributed by atoms with E-state index in [-0.39, 0.29) is 36.1 Å². The van der Waals surface area contributed by atoms with Crippen molar-refractivity contribution in [3.05, 3.63) is 35.4 Å². The zero-order chi connectivity index (χ0) is 16.9. The minimum absolute atomic E-state index is 0.00976. The summed E-state index contributed by atoms with van der Waals surface area (Å²) in [7, 11) is -2.98. The molecule has 1 aliphatic heterocycles. The van der Waals surface area contributed by atoms with Crippen molar-refractivity contribution in [1.82, 2.24) is 10.6 Å². The second-order valence-electron chi connectivity index (χ2n) is 5.46. The van der Waals surface area contributed by atoms with Crippen molar-refractivity contribution in [2.24, 2.45) is 4.99 Å². The van der Waals surface area contributed by atoms with E-state index in [0.29, 0.717) is 18.9 Å². The Bertz CT molecular complexity index is 657. The van der Waals surface area contributed by atoms with Crippen LogP contribution in [-0.2, 0) is 16.3 Å². The van der Waals surface area contributed by atoms with Crippen LogP contribution in [0.15, 0.2) is 23.2 Å². The number of hydrogen-bond donors (Lipinski definition) is 2. The lowest BCUT2D eigenvalue weighted by Crippen LogP contribution is -2.44. The molecule has 0 aliphatic carbocycles. The summed E-state index contributed by atoms with van der Waals surface area (Å²) in [5.41, 5.74) is 0.00976. The standard InChI is InChI=1S/C15H21F2N3O2S/c1-2-18-15(20-11-7-9-23(21,22)10-11)19-8-6-12-13(16)4-3-5-14(12)17/h3-5,11H,2,6-10H2,1H3,(H2,18,19,20). The van der Waals surface area contributed by atoms with Crippen LogP contribution in [0.2, 0.25) is 0 Å². The molecule has 2 rings (SSSR count). The highest BCUT2D eigenvalue weighted by Gasteiger charge is 2.28. The Labute approximate surface area is 135 Å². The summed E-state index contributed by atoms with van der Waals surface area (Å²) < 4.78 is 50.0. The second kappa shape index (κ2) is 7.72. The SMILES string of the molecule is CCNC(=NCCc1c(F)cccc1F)NC1CCS(=O)(=O)C1. The number of hydrogen-bond acceptors (Lipinski definition) is 3. The predicted octanol–water partition coefficient (Wildman–Crippen LogP) is 1.25. The molecule has 23 heavy (non-hydrogen) atoms. The Balaban J connectivity index is 1.96. The smallest absolute Gasteiger partial charge is 0.191 e. The average molecular weight is 345 g/mol. The zero-order valence-electron chi connectivity index (χ0n) is 13.0. The average Bonchev–Trinajstić information content (AvgIpc) is 2.81. The minimum Gasteiger partial charge on any atom is -0.357 e. The first-order valence-corrected chi connectivity index (χ1v) is 9.41. The van der Waals surface area contributed by atoms with Crippen molar-refractivity contribution in [3.63, 3.8) is 0 Å². The molecule has 128 valence electrons. The van der Waals surface area contributed by atoms with Crippen LogP contribution < -0.4 is 10.6 Å². The van der Waals surface area contributed by atoms with Crippen LogP contribution in [0.1, 0.15) is 18.9 Å². The maximum atomic E-state index is 13.5. The second-order valence-corrected chi connectivity index (χ2v) is 7.68. The molecule has 1 heterocycles. The molecule has 1 aromatic rings. The van der Waals surface area contributed by atoms with Crippen LogP contribution in [0.3, 0.4) is 0 Å². The van der Waals surface area contributed by atoms with E-state index in [1.807, 2.05) is 6.92 Å². The van der Waals surface area contributed by atoms with Crippen LogP contribution in [0.5, 0.6) is 0 Å². The van der Waals surface area contributed by atoms with Crippen LogP contribution in [0.25, 0.3) is 0 Å².